The van der Waals surface area contributed by atoms with Gasteiger partial charge >= 0.3 is 5.97 Å². The Bertz CT molecular complexity index is 1440. The molecule has 1 amide bonds. The molecule has 0 saturated carbocycles. The van der Waals surface area contributed by atoms with Gasteiger partial charge in [-0.2, -0.15) is 0 Å². The zero-order valence-electron chi connectivity index (χ0n) is 58.1. The number of esters is 1. The van der Waals surface area contributed by atoms with Crippen LogP contribution in [0.25, 0.3) is 0 Å². The summed E-state index contributed by atoms with van der Waals surface area (Å²) < 4.78 is 5.50. The minimum absolute atomic E-state index is 0.00956. The van der Waals surface area contributed by atoms with E-state index in [1.807, 2.05) is 6.08 Å². The third-order valence-electron chi connectivity index (χ3n) is 18.1. The van der Waals surface area contributed by atoms with Crippen LogP contribution >= 0.6 is 0 Å². The van der Waals surface area contributed by atoms with Crippen LogP contribution in [0.5, 0.6) is 0 Å². The van der Waals surface area contributed by atoms with E-state index in [0.717, 1.165) is 51.4 Å². The smallest absolute Gasteiger partial charge is 0.305 e. The normalized spacial score (nSPS) is 12.7. The van der Waals surface area contributed by atoms with Gasteiger partial charge in [0.05, 0.1) is 25.4 Å². The summed E-state index contributed by atoms with van der Waals surface area (Å²) >= 11 is 0. The lowest BCUT2D eigenvalue weighted by atomic mass is 10.0. The molecule has 0 heterocycles. The lowest BCUT2D eigenvalue weighted by molar-refractivity contribution is -0.143. The van der Waals surface area contributed by atoms with Crippen molar-refractivity contribution in [1.29, 1.82) is 0 Å². The Morgan fingerprint density at radius 2 is 0.581 bits per heavy atom. The van der Waals surface area contributed by atoms with Gasteiger partial charge < -0.3 is 20.3 Å². The molecule has 0 aromatic carbocycles. The SMILES string of the molecule is CCCCCCCCC/C=C\CCCCCCCC(=O)OCCCCCCCCCCCCC/C=C\C/C=C\CCCCCCCCCCCCCCCCCCCC(=O)NC(CO)C(O)/C=C/CCCCCCCCCCCCCCCCCC. The number of hydrogen-bond donors (Lipinski definition) is 3. The third kappa shape index (κ3) is 70.9. The number of ether oxygens (including phenoxy) is 1. The van der Waals surface area contributed by atoms with Crippen molar-refractivity contribution in [2.45, 2.75) is 437 Å². The fourth-order valence-corrected chi connectivity index (χ4v) is 12.1. The lowest BCUT2D eigenvalue weighted by Crippen LogP contribution is -2.45. The summed E-state index contributed by atoms with van der Waals surface area (Å²) in [5.41, 5.74) is 0. The Morgan fingerprint density at radius 3 is 0.895 bits per heavy atom. The van der Waals surface area contributed by atoms with Gasteiger partial charge in [0.1, 0.15) is 0 Å². The number of carbonyl (C=O) groups excluding carboxylic acids is 2. The van der Waals surface area contributed by atoms with E-state index < -0.39 is 12.1 Å². The first-order chi connectivity index (χ1) is 42.5. The van der Waals surface area contributed by atoms with E-state index >= 15 is 0 Å². The van der Waals surface area contributed by atoms with Gasteiger partial charge in [-0.15, -0.1) is 0 Å². The summed E-state index contributed by atoms with van der Waals surface area (Å²) in [4.78, 5) is 24.6. The summed E-state index contributed by atoms with van der Waals surface area (Å²) in [6.45, 7) is 4.93. The van der Waals surface area contributed by atoms with Crippen molar-refractivity contribution in [3.05, 3.63) is 48.6 Å². The lowest BCUT2D eigenvalue weighted by Gasteiger charge is -2.20. The van der Waals surface area contributed by atoms with Gasteiger partial charge in [-0.05, 0) is 89.9 Å². The highest BCUT2D eigenvalue weighted by atomic mass is 16.5. The van der Waals surface area contributed by atoms with Gasteiger partial charge in [0.25, 0.3) is 0 Å². The van der Waals surface area contributed by atoms with E-state index in [1.165, 1.54) is 347 Å². The largest absolute Gasteiger partial charge is 0.466 e. The highest BCUT2D eigenvalue weighted by molar-refractivity contribution is 5.76. The molecule has 0 rings (SSSR count). The molecule has 6 nitrogen and oxygen atoms in total. The highest BCUT2D eigenvalue weighted by Gasteiger charge is 2.18. The number of allylic oxidation sites excluding steroid dienone is 7. The van der Waals surface area contributed by atoms with Gasteiger partial charge in [-0.3, -0.25) is 9.59 Å². The molecule has 86 heavy (non-hydrogen) atoms. The Hall–Kier alpha value is -2.18. The van der Waals surface area contributed by atoms with Crippen LogP contribution in [0.3, 0.4) is 0 Å². The fourth-order valence-electron chi connectivity index (χ4n) is 12.1. The molecule has 0 aliphatic heterocycles. The van der Waals surface area contributed by atoms with Crippen molar-refractivity contribution in [3.8, 4) is 0 Å². The molecule has 3 N–H and O–H groups in total. The quantitative estimate of drug-likeness (QED) is 0.0320. The molecule has 0 aliphatic rings. The van der Waals surface area contributed by atoms with Crippen LogP contribution in [0, 0.1) is 0 Å². The number of unbranched alkanes of at least 4 members (excludes halogenated alkanes) is 56. The standard InChI is InChI=1S/C80H151NO5/c1-3-5-7-9-11-13-15-17-19-21-41-44-48-52-56-60-64-68-72-78(83)77(76-82)81-79(84)73-69-65-61-57-53-49-45-42-39-37-35-33-31-29-27-25-23-22-24-26-28-30-32-34-36-38-40-43-47-51-55-59-63-67-71-75-86-80(85)74-70-66-62-58-54-50-46-20-18-16-14-12-10-8-6-4-2/h20,24,26,30,32,46,68,72,77-78,82-83H,3-19,21-23,25,27-29,31,33-45,47-67,69-71,73-76H2,1-2H3,(H,81,84)/b26-24-,32-30-,46-20-,72-68+. The molecule has 0 radical (unpaired) electrons. The van der Waals surface area contributed by atoms with Crippen molar-refractivity contribution in [2.24, 2.45) is 0 Å². The number of carbonyl (C=O) groups is 2. The van der Waals surface area contributed by atoms with Crippen LogP contribution in [-0.2, 0) is 14.3 Å². The number of aliphatic hydroxyl groups is 2. The first-order valence-corrected chi connectivity index (χ1v) is 38.9. The molecule has 0 aromatic rings. The van der Waals surface area contributed by atoms with Gasteiger partial charge in [-0.1, -0.05) is 371 Å². The van der Waals surface area contributed by atoms with E-state index in [2.05, 4.69) is 55.6 Å². The molecule has 0 spiro atoms. The Labute approximate surface area is 537 Å². The Morgan fingerprint density at radius 1 is 0.326 bits per heavy atom. The van der Waals surface area contributed by atoms with Gasteiger partial charge in [0.15, 0.2) is 0 Å². The van der Waals surface area contributed by atoms with E-state index in [0.29, 0.717) is 19.4 Å². The van der Waals surface area contributed by atoms with E-state index in [1.54, 1.807) is 6.08 Å². The average Bonchev–Trinajstić information content (AvgIpc) is 3.54. The summed E-state index contributed by atoms with van der Waals surface area (Å²) in [5, 5.41) is 23.2. The second kappa shape index (κ2) is 75.3. The number of hydrogen-bond acceptors (Lipinski definition) is 5. The fraction of sp³-hybridized carbons (Fsp3) is 0.875. The maximum atomic E-state index is 12.5. The number of nitrogens with one attached hydrogen (secondary N) is 1. The summed E-state index contributed by atoms with van der Waals surface area (Å²) in [5.74, 6) is -0.0529. The van der Waals surface area contributed by atoms with Crippen LogP contribution in [0.2, 0.25) is 0 Å². The third-order valence-corrected chi connectivity index (χ3v) is 18.1. The first-order valence-electron chi connectivity index (χ1n) is 38.9. The molecular formula is C80H151NO5. The van der Waals surface area contributed by atoms with Crippen molar-refractivity contribution in [3.63, 3.8) is 0 Å². The second-order valence-electron chi connectivity index (χ2n) is 26.7. The number of aliphatic hydroxyl groups excluding tert-OH is 2. The zero-order chi connectivity index (χ0) is 62.0. The maximum absolute atomic E-state index is 12.5. The van der Waals surface area contributed by atoms with Crippen molar-refractivity contribution >= 4 is 11.9 Å². The monoisotopic (exact) mass is 1210 g/mol. The molecule has 0 aromatic heterocycles. The van der Waals surface area contributed by atoms with Crippen molar-refractivity contribution in [1.82, 2.24) is 5.32 Å². The molecule has 0 bridgehead atoms. The van der Waals surface area contributed by atoms with Crippen LogP contribution in [-0.4, -0.2) is 47.4 Å². The predicted octanol–water partition coefficient (Wildman–Crippen LogP) is 25.6. The molecule has 0 fully saturated rings. The van der Waals surface area contributed by atoms with Crippen LogP contribution in [0.4, 0.5) is 0 Å². The zero-order valence-corrected chi connectivity index (χ0v) is 58.1. The summed E-state index contributed by atoms with van der Waals surface area (Å²) in [7, 11) is 0. The minimum Gasteiger partial charge on any atom is -0.466 e. The number of rotatable bonds is 73. The van der Waals surface area contributed by atoms with E-state index in [9.17, 15) is 19.8 Å². The molecule has 6 heteroatoms. The molecule has 2 unspecified atom stereocenters. The molecule has 0 saturated heterocycles. The van der Waals surface area contributed by atoms with Gasteiger partial charge in [0, 0.05) is 12.8 Å². The summed E-state index contributed by atoms with van der Waals surface area (Å²) in [6, 6.07) is -0.627. The van der Waals surface area contributed by atoms with Crippen molar-refractivity contribution < 1.29 is 24.5 Å². The van der Waals surface area contributed by atoms with Crippen LogP contribution in [0.1, 0.15) is 425 Å². The second-order valence-corrected chi connectivity index (χ2v) is 26.7. The van der Waals surface area contributed by atoms with Crippen molar-refractivity contribution in [2.75, 3.05) is 13.2 Å². The van der Waals surface area contributed by atoms with Crippen LogP contribution in [0.15, 0.2) is 48.6 Å². The van der Waals surface area contributed by atoms with E-state index in [-0.39, 0.29) is 18.5 Å². The number of amides is 1. The summed E-state index contributed by atoms with van der Waals surface area (Å²) in [6.07, 6.45) is 99.4. The predicted molar refractivity (Wildman–Crippen MR) is 379 cm³/mol. The molecule has 0 aliphatic carbocycles. The average molecular weight is 1210 g/mol. The molecule has 2 atom stereocenters. The topological polar surface area (TPSA) is 95.9 Å². The first kappa shape index (κ1) is 83.8. The Balaban J connectivity index is 3.39. The maximum Gasteiger partial charge on any atom is 0.305 e. The van der Waals surface area contributed by atoms with Crippen LogP contribution < -0.4 is 5.32 Å². The Kier molecular flexibility index (Phi) is 73.4. The highest BCUT2D eigenvalue weighted by Crippen LogP contribution is 2.19. The minimum atomic E-state index is -0.844. The van der Waals surface area contributed by atoms with E-state index in [4.69, 9.17) is 4.74 Å². The van der Waals surface area contributed by atoms with Gasteiger partial charge in [0.2, 0.25) is 5.91 Å². The molecule has 506 valence electrons. The van der Waals surface area contributed by atoms with Gasteiger partial charge in [-0.25, -0.2) is 0 Å². The molecular weight excluding hydrogens is 1050 g/mol.